The van der Waals surface area contributed by atoms with Crippen molar-refractivity contribution in [1.29, 1.82) is 0 Å². The molecule has 0 aromatic heterocycles. The fourth-order valence-corrected chi connectivity index (χ4v) is 4.11. The fraction of sp³-hybridized carbons (Fsp3) is 1.00. The SMILES string of the molecule is CC(C)C1CN(C2CCN(C3CC3)C2)C(C(C)C)CN1. The maximum Gasteiger partial charge on any atom is 0.0247 e. The summed E-state index contributed by atoms with van der Waals surface area (Å²) in [7, 11) is 0. The molecule has 2 aliphatic heterocycles. The third kappa shape index (κ3) is 3.05. The Bertz CT molecular complexity index is 324. The molecule has 0 aromatic carbocycles. The predicted octanol–water partition coefficient (Wildman–Crippen LogP) is 2.18. The Morgan fingerprint density at radius 1 is 0.900 bits per heavy atom. The van der Waals surface area contributed by atoms with Gasteiger partial charge in [0.2, 0.25) is 0 Å². The minimum absolute atomic E-state index is 0.681. The van der Waals surface area contributed by atoms with Crippen LogP contribution in [0.25, 0.3) is 0 Å². The highest BCUT2D eigenvalue weighted by Gasteiger charge is 2.41. The molecule has 0 amide bonds. The van der Waals surface area contributed by atoms with Crippen molar-refractivity contribution in [1.82, 2.24) is 15.1 Å². The zero-order valence-electron chi connectivity index (χ0n) is 13.8. The highest BCUT2D eigenvalue weighted by Crippen LogP contribution is 2.33. The van der Waals surface area contributed by atoms with E-state index >= 15 is 0 Å². The number of piperazine rings is 1. The van der Waals surface area contributed by atoms with E-state index in [2.05, 4.69) is 42.8 Å². The molecule has 1 saturated carbocycles. The molecule has 0 radical (unpaired) electrons. The fourth-order valence-electron chi connectivity index (χ4n) is 4.11. The zero-order chi connectivity index (χ0) is 14.3. The van der Waals surface area contributed by atoms with Crippen molar-refractivity contribution in [3.8, 4) is 0 Å². The summed E-state index contributed by atoms with van der Waals surface area (Å²) in [6.45, 7) is 14.6. The molecule has 1 aliphatic carbocycles. The summed E-state index contributed by atoms with van der Waals surface area (Å²) in [4.78, 5) is 5.63. The second kappa shape index (κ2) is 5.94. The number of likely N-dealkylation sites (tertiary alicyclic amines) is 1. The van der Waals surface area contributed by atoms with Gasteiger partial charge in [0, 0.05) is 50.3 Å². The van der Waals surface area contributed by atoms with Crippen molar-refractivity contribution in [2.24, 2.45) is 11.8 Å². The van der Waals surface area contributed by atoms with Crippen LogP contribution in [0, 0.1) is 11.8 Å². The topological polar surface area (TPSA) is 18.5 Å². The summed E-state index contributed by atoms with van der Waals surface area (Å²) in [5.41, 5.74) is 0. The molecule has 3 unspecified atom stereocenters. The van der Waals surface area contributed by atoms with Crippen LogP contribution in [0.3, 0.4) is 0 Å². The molecule has 2 heterocycles. The van der Waals surface area contributed by atoms with Crippen LogP contribution in [0.4, 0.5) is 0 Å². The quantitative estimate of drug-likeness (QED) is 0.851. The first kappa shape index (κ1) is 14.8. The largest absolute Gasteiger partial charge is 0.311 e. The lowest BCUT2D eigenvalue weighted by atomic mass is 9.92. The third-order valence-corrected chi connectivity index (χ3v) is 5.72. The van der Waals surface area contributed by atoms with Gasteiger partial charge < -0.3 is 5.32 Å². The summed E-state index contributed by atoms with van der Waals surface area (Å²) in [5, 5.41) is 3.79. The lowest BCUT2D eigenvalue weighted by Crippen LogP contribution is -2.62. The van der Waals surface area contributed by atoms with E-state index < -0.39 is 0 Å². The molecular formula is C17H33N3. The first-order chi connectivity index (χ1) is 9.56. The number of nitrogens with zero attached hydrogens (tertiary/aromatic N) is 2. The molecule has 0 aromatic rings. The molecule has 20 heavy (non-hydrogen) atoms. The van der Waals surface area contributed by atoms with Gasteiger partial charge in [-0.2, -0.15) is 0 Å². The van der Waals surface area contributed by atoms with Gasteiger partial charge >= 0.3 is 0 Å². The van der Waals surface area contributed by atoms with Crippen molar-refractivity contribution in [3.63, 3.8) is 0 Å². The third-order valence-electron chi connectivity index (χ3n) is 5.72. The lowest BCUT2D eigenvalue weighted by Gasteiger charge is -2.46. The standard InChI is InChI=1S/C17H33N3/c1-12(2)16-11-20(17(9-18-16)13(3)4)15-7-8-19(10-15)14-5-6-14/h12-18H,5-11H2,1-4H3. The molecule has 3 aliphatic rings. The van der Waals surface area contributed by atoms with E-state index in [4.69, 9.17) is 0 Å². The molecule has 3 heteroatoms. The van der Waals surface area contributed by atoms with Crippen LogP contribution in [0.2, 0.25) is 0 Å². The van der Waals surface area contributed by atoms with E-state index in [1.54, 1.807) is 0 Å². The van der Waals surface area contributed by atoms with Crippen LogP contribution < -0.4 is 5.32 Å². The normalized spacial score (nSPS) is 37.2. The Hall–Kier alpha value is -0.120. The van der Waals surface area contributed by atoms with E-state index in [0.29, 0.717) is 6.04 Å². The molecular weight excluding hydrogens is 246 g/mol. The van der Waals surface area contributed by atoms with Crippen LogP contribution in [-0.4, -0.2) is 60.1 Å². The van der Waals surface area contributed by atoms with Gasteiger partial charge in [0.25, 0.3) is 0 Å². The molecule has 1 N–H and O–H groups in total. The predicted molar refractivity (Wildman–Crippen MR) is 85.0 cm³/mol. The minimum atomic E-state index is 0.681. The van der Waals surface area contributed by atoms with Gasteiger partial charge in [-0.1, -0.05) is 27.7 Å². The molecule has 3 rings (SSSR count). The Balaban J connectivity index is 1.65. The Morgan fingerprint density at radius 3 is 2.25 bits per heavy atom. The molecule has 2 saturated heterocycles. The van der Waals surface area contributed by atoms with Crippen LogP contribution in [0.1, 0.15) is 47.0 Å². The molecule has 3 atom stereocenters. The second-order valence-electron chi connectivity index (χ2n) is 7.94. The van der Waals surface area contributed by atoms with Gasteiger partial charge in [0.15, 0.2) is 0 Å². The number of rotatable bonds is 4. The Labute approximate surface area is 125 Å². The Morgan fingerprint density at radius 2 is 1.65 bits per heavy atom. The summed E-state index contributed by atoms with van der Waals surface area (Å²) in [6.07, 6.45) is 4.30. The van der Waals surface area contributed by atoms with Gasteiger partial charge in [-0.15, -0.1) is 0 Å². The minimum Gasteiger partial charge on any atom is -0.311 e. The van der Waals surface area contributed by atoms with Crippen molar-refractivity contribution in [2.45, 2.75) is 71.1 Å². The highest BCUT2D eigenvalue weighted by molar-refractivity contribution is 4.98. The summed E-state index contributed by atoms with van der Waals surface area (Å²) in [5.74, 6) is 1.50. The maximum absolute atomic E-state index is 3.79. The van der Waals surface area contributed by atoms with E-state index in [9.17, 15) is 0 Å². The first-order valence-electron chi connectivity index (χ1n) is 8.79. The monoisotopic (exact) mass is 279 g/mol. The first-order valence-corrected chi connectivity index (χ1v) is 8.79. The van der Waals surface area contributed by atoms with Gasteiger partial charge in [-0.05, 0) is 31.1 Å². The summed E-state index contributed by atoms with van der Waals surface area (Å²) >= 11 is 0. The molecule has 3 fully saturated rings. The average molecular weight is 279 g/mol. The number of nitrogens with one attached hydrogen (secondary N) is 1. The van der Waals surface area contributed by atoms with E-state index in [0.717, 1.165) is 30.0 Å². The molecule has 0 spiro atoms. The van der Waals surface area contributed by atoms with Gasteiger partial charge in [0.1, 0.15) is 0 Å². The van der Waals surface area contributed by atoms with Crippen molar-refractivity contribution in [2.75, 3.05) is 26.2 Å². The van der Waals surface area contributed by atoms with Gasteiger partial charge in [-0.25, -0.2) is 0 Å². The zero-order valence-corrected chi connectivity index (χ0v) is 13.8. The van der Waals surface area contributed by atoms with E-state index in [1.807, 2.05) is 0 Å². The lowest BCUT2D eigenvalue weighted by molar-refractivity contribution is 0.0478. The molecule has 0 bridgehead atoms. The summed E-state index contributed by atoms with van der Waals surface area (Å²) in [6, 6.07) is 3.17. The van der Waals surface area contributed by atoms with E-state index in [1.165, 1.54) is 45.4 Å². The molecule has 3 nitrogen and oxygen atoms in total. The van der Waals surface area contributed by atoms with Gasteiger partial charge in [-0.3, -0.25) is 9.80 Å². The second-order valence-corrected chi connectivity index (χ2v) is 7.94. The molecule has 116 valence electrons. The van der Waals surface area contributed by atoms with E-state index in [-0.39, 0.29) is 0 Å². The maximum atomic E-state index is 3.79. The number of hydrogen-bond donors (Lipinski definition) is 1. The van der Waals surface area contributed by atoms with Crippen molar-refractivity contribution < 1.29 is 0 Å². The Kier molecular flexibility index (Phi) is 4.40. The highest BCUT2D eigenvalue weighted by atomic mass is 15.3. The van der Waals surface area contributed by atoms with Crippen molar-refractivity contribution >= 4 is 0 Å². The summed E-state index contributed by atoms with van der Waals surface area (Å²) < 4.78 is 0. The van der Waals surface area contributed by atoms with Crippen LogP contribution >= 0.6 is 0 Å². The number of hydrogen-bond acceptors (Lipinski definition) is 3. The van der Waals surface area contributed by atoms with Gasteiger partial charge in [0.05, 0.1) is 0 Å². The van der Waals surface area contributed by atoms with Crippen LogP contribution in [0.5, 0.6) is 0 Å². The van der Waals surface area contributed by atoms with Crippen LogP contribution in [0.15, 0.2) is 0 Å². The smallest absolute Gasteiger partial charge is 0.0247 e. The van der Waals surface area contributed by atoms with Crippen molar-refractivity contribution in [3.05, 3.63) is 0 Å². The van der Waals surface area contributed by atoms with Crippen LogP contribution in [-0.2, 0) is 0 Å². The average Bonchev–Trinajstić information content (AvgIpc) is 3.15.